The van der Waals surface area contributed by atoms with E-state index in [4.69, 9.17) is 14.4 Å². The van der Waals surface area contributed by atoms with Gasteiger partial charge in [-0.25, -0.2) is 4.79 Å². The first-order chi connectivity index (χ1) is 9.19. The Morgan fingerprint density at radius 1 is 1.42 bits per heavy atom. The average molecular weight is 261 g/mol. The molecule has 19 heavy (non-hydrogen) atoms. The highest BCUT2D eigenvalue weighted by molar-refractivity contribution is 5.85. The molecule has 0 saturated carbocycles. The third kappa shape index (κ3) is 3.58. The van der Waals surface area contributed by atoms with E-state index in [1.807, 2.05) is 24.3 Å². The number of aromatic carboxylic acids is 1. The first-order valence-electron chi connectivity index (χ1n) is 6.09. The van der Waals surface area contributed by atoms with Gasteiger partial charge < -0.3 is 14.4 Å². The van der Waals surface area contributed by atoms with E-state index in [0.717, 1.165) is 12.2 Å². The molecule has 0 aliphatic rings. The Hall–Kier alpha value is -2.30. The number of hydrogen-bond donors (Lipinski definition) is 1. The maximum Gasteiger partial charge on any atom is 0.358 e. The molecule has 1 aromatic heterocycles. The van der Waals surface area contributed by atoms with Gasteiger partial charge in [0.1, 0.15) is 11.5 Å². The number of carbonyl (C=O) groups is 1. The van der Waals surface area contributed by atoms with E-state index in [0.29, 0.717) is 18.8 Å². The third-order valence-corrected chi connectivity index (χ3v) is 2.70. The predicted octanol–water partition coefficient (Wildman–Crippen LogP) is 2.56. The van der Waals surface area contributed by atoms with Crippen LogP contribution in [0, 0.1) is 0 Å². The monoisotopic (exact) mass is 261 g/mol. The summed E-state index contributed by atoms with van der Waals surface area (Å²) in [6.07, 6.45) is 1.44. The fraction of sp³-hybridized carbons (Fsp3) is 0.286. The van der Waals surface area contributed by atoms with Crippen LogP contribution in [0.5, 0.6) is 5.75 Å². The van der Waals surface area contributed by atoms with Gasteiger partial charge in [-0.15, -0.1) is 0 Å². The summed E-state index contributed by atoms with van der Waals surface area (Å²) >= 11 is 0. The second-order valence-electron chi connectivity index (χ2n) is 4.08. The van der Waals surface area contributed by atoms with Gasteiger partial charge in [0.2, 0.25) is 0 Å². The second kappa shape index (κ2) is 6.04. The van der Waals surface area contributed by atoms with E-state index in [-0.39, 0.29) is 5.69 Å². The smallest absolute Gasteiger partial charge is 0.358 e. The van der Waals surface area contributed by atoms with Crippen LogP contribution < -0.4 is 4.74 Å². The molecular formula is C14H15NO4. The van der Waals surface area contributed by atoms with Crippen molar-refractivity contribution in [2.24, 2.45) is 0 Å². The summed E-state index contributed by atoms with van der Waals surface area (Å²) in [6.45, 7) is 2.50. The Labute approximate surface area is 110 Å². The van der Waals surface area contributed by atoms with Gasteiger partial charge in [-0.3, -0.25) is 0 Å². The molecule has 0 spiro atoms. The van der Waals surface area contributed by atoms with Crippen molar-refractivity contribution in [1.29, 1.82) is 0 Å². The molecule has 2 aromatic rings. The van der Waals surface area contributed by atoms with Gasteiger partial charge in [-0.1, -0.05) is 24.2 Å². The number of aryl methyl sites for hydroxylation is 1. The lowest BCUT2D eigenvalue weighted by Gasteiger charge is -2.05. The molecule has 0 bridgehead atoms. The summed E-state index contributed by atoms with van der Waals surface area (Å²) in [5, 5.41) is 12.1. The average Bonchev–Trinajstić information content (AvgIpc) is 2.88. The van der Waals surface area contributed by atoms with Crippen molar-refractivity contribution in [3.8, 4) is 5.75 Å². The van der Waals surface area contributed by atoms with Crippen molar-refractivity contribution in [1.82, 2.24) is 5.16 Å². The zero-order valence-electron chi connectivity index (χ0n) is 10.6. The molecule has 0 saturated heterocycles. The number of carboxylic acids is 1. The molecule has 1 heterocycles. The van der Waals surface area contributed by atoms with Crippen LogP contribution in [0.1, 0.15) is 28.7 Å². The summed E-state index contributed by atoms with van der Waals surface area (Å²) < 4.78 is 10.5. The lowest BCUT2D eigenvalue weighted by molar-refractivity contribution is 0.0685. The van der Waals surface area contributed by atoms with Crippen LogP contribution in [0.3, 0.4) is 0 Å². The first-order valence-corrected chi connectivity index (χ1v) is 6.09. The van der Waals surface area contributed by atoms with Gasteiger partial charge in [0.05, 0.1) is 6.61 Å². The Balaban J connectivity index is 1.86. The fourth-order valence-electron chi connectivity index (χ4n) is 1.66. The summed E-state index contributed by atoms with van der Waals surface area (Å²) in [5.74, 6) is 0.216. The van der Waals surface area contributed by atoms with Crippen LogP contribution in [0.4, 0.5) is 0 Å². The molecule has 0 aliphatic carbocycles. The van der Waals surface area contributed by atoms with Crippen molar-refractivity contribution < 1.29 is 19.2 Å². The van der Waals surface area contributed by atoms with E-state index in [1.54, 1.807) is 0 Å². The Morgan fingerprint density at radius 3 is 2.95 bits per heavy atom. The molecule has 100 valence electrons. The number of nitrogens with zero attached hydrogens (tertiary/aromatic N) is 1. The van der Waals surface area contributed by atoms with Crippen molar-refractivity contribution in [2.45, 2.75) is 19.8 Å². The van der Waals surface area contributed by atoms with E-state index < -0.39 is 5.97 Å². The molecule has 0 unspecified atom stereocenters. The second-order valence-corrected chi connectivity index (χ2v) is 4.08. The topological polar surface area (TPSA) is 72.6 Å². The van der Waals surface area contributed by atoms with Crippen LogP contribution in [0.15, 0.2) is 34.9 Å². The van der Waals surface area contributed by atoms with Crippen LogP contribution in [0.25, 0.3) is 0 Å². The zero-order valence-corrected chi connectivity index (χ0v) is 10.6. The van der Waals surface area contributed by atoms with Gasteiger partial charge in [-0.2, -0.15) is 0 Å². The number of hydrogen-bond acceptors (Lipinski definition) is 4. The van der Waals surface area contributed by atoms with Gasteiger partial charge in [0.25, 0.3) is 0 Å². The number of aromatic nitrogens is 1. The lowest BCUT2D eigenvalue weighted by Crippen LogP contribution is -2.01. The van der Waals surface area contributed by atoms with E-state index >= 15 is 0 Å². The largest absolute Gasteiger partial charge is 0.493 e. The quantitative estimate of drug-likeness (QED) is 0.865. The first kappa shape index (κ1) is 13.1. The lowest BCUT2D eigenvalue weighted by atomic mass is 10.2. The van der Waals surface area contributed by atoms with Crippen LogP contribution in [-0.4, -0.2) is 22.8 Å². The SMILES string of the molecule is CCc1cccc(OCCc2cc(C(=O)O)no2)c1. The molecule has 0 atom stereocenters. The minimum Gasteiger partial charge on any atom is -0.493 e. The maximum atomic E-state index is 10.6. The van der Waals surface area contributed by atoms with E-state index in [2.05, 4.69) is 12.1 Å². The van der Waals surface area contributed by atoms with Gasteiger partial charge in [0.15, 0.2) is 5.69 Å². The summed E-state index contributed by atoms with van der Waals surface area (Å²) in [4.78, 5) is 10.6. The number of carboxylic acid groups (broad SMARTS) is 1. The Morgan fingerprint density at radius 2 is 2.26 bits per heavy atom. The fourth-order valence-corrected chi connectivity index (χ4v) is 1.66. The molecule has 0 radical (unpaired) electrons. The molecule has 0 fully saturated rings. The number of rotatable bonds is 6. The highest BCUT2D eigenvalue weighted by Gasteiger charge is 2.10. The summed E-state index contributed by atoms with van der Waals surface area (Å²) in [6, 6.07) is 9.28. The highest BCUT2D eigenvalue weighted by Crippen LogP contribution is 2.14. The minimum atomic E-state index is -1.09. The normalized spacial score (nSPS) is 10.4. The van der Waals surface area contributed by atoms with Crippen molar-refractivity contribution in [3.63, 3.8) is 0 Å². The minimum absolute atomic E-state index is 0.0806. The highest BCUT2D eigenvalue weighted by atomic mass is 16.5. The Bertz CT molecular complexity index is 562. The molecule has 2 rings (SSSR count). The zero-order chi connectivity index (χ0) is 13.7. The predicted molar refractivity (Wildman–Crippen MR) is 68.5 cm³/mol. The molecule has 5 heteroatoms. The number of benzene rings is 1. The Kier molecular flexibility index (Phi) is 4.18. The standard InChI is InChI=1S/C14H15NO4/c1-2-10-4-3-5-11(8-10)18-7-6-12-9-13(14(16)17)15-19-12/h3-5,8-9H,2,6-7H2,1H3,(H,16,17). The third-order valence-electron chi connectivity index (χ3n) is 2.70. The molecule has 0 amide bonds. The van der Waals surface area contributed by atoms with E-state index in [9.17, 15) is 4.79 Å². The molecule has 0 aliphatic heterocycles. The van der Waals surface area contributed by atoms with E-state index in [1.165, 1.54) is 11.6 Å². The van der Waals surface area contributed by atoms with Crippen molar-refractivity contribution in [2.75, 3.05) is 6.61 Å². The van der Waals surface area contributed by atoms with Crippen LogP contribution in [0.2, 0.25) is 0 Å². The summed E-state index contributed by atoms with van der Waals surface area (Å²) in [7, 11) is 0. The van der Waals surface area contributed by atoms with Gasteiger partial charge in [0, 0.05) is 12.5 Å². The van der Waals surface area contributed by atoms with Gasteiger partial charge in [-0.05, 0) is 24.1 Å². The molecule has 5 nitrogen and oxygen atoms in total. The van der Waals surface area contributed by atoms with Crippen LogP contribution in [-0.2, 0) is 12.8 Å². The molecule has 1 aromatic carbocycles. The molecular weight excluding hydrogens is 246 g/mol. The summed E-state index contributed by atoms with van der Waals surface area (Å²) in [5.41, 5.74) is 1.13. The van der Waals surface area contributed by atoms with Crippen LogP contribution >= 0.6 is 0 Å². The van der Waals surface area contributed by atoms with Crippen molar-refractivity contribution in [3.05, 3.63) is 47.3 Å². The molecule has 1 N–H and O–H groups in total. The van der Waals surface area contributed by atoms with Gasteiger partial charge >= 0.3 is 5.97 Å². The maximum absolute atomic E-state index is 10.6. The number of ether oxygens (including phenoxy) is 1. The van der Waals surface area contributed by atoms with Crippen molar-refractivity contribution >= 4 is 5.97 Å².